The van der Waals surface area contributed by atoms with E-state index in [1.54, 1.807) is 23.2 Å². The van der Waals surface area contributed by atoms with Crippen LogP contribution in [-0.4, -0.2) is 30.5 Å². The molecule has 1 aliphatic rings. The summed E-state index contributed by atoms with van der Waals surface area (Å²) in [5.41, 5.74) is 1.18. The van der Waals surface area contributed by atoms with E-state index in [0.29, 0.717) is 18.3 Å². The maximum absolute atomic E-state index is 11.6. The van der Waals surface area contributed by atoms with Gasteiger partial charge < -0.3 is 10.2 Å². The number of nitrogens with zero attached hydrogens (tertiary/aromatic N) is 3. The zero-order valence-corrected chi connectivity index (χ0v) is 9.68. The van der Waals surface area contributed by atoms with Crippen LogP contribution in [0.15, 0.2) is 18.3 Å². The zero-order chi connectivity index (χ0) is 12.3. The van der Waals surface area contributed by atoms with E-state index in [-0.39, 0.29) is 5.91 Å². The summed E-state index contributed by atoms with van der Waals surface area (Å²) in [5.74, 6) is 0.0188. The lowest BCUT2D eigenvalue weighted by Gasteiger charge is -2.18. The second kappa shape index (κ2) is 4.83. The monoisotopic (exact) mass is 230 g/mol. The third-order valence-electron chi connectivity index (χ3n) is 2.62. The summed E-state index contributed by atoms with van der Waals surface area (Å²) in [5, 5.41) is 11.7. The molecule has 0 atom stereocenters. The topological polar surface area (TPSA) is 69.0 Å². The van der Waals surface area contributed by atoms with Gasteiger partial charge in [0.15, 0.2) is 0 Å². The Morgan fingerprint density at radius 2 is 2.47 bits per heavy atom. The van der Waals surface area contributed by atoms with Gasteiger partial charge in [0.1, 0.15) is 11.8 Å². The summed E-state index contributed by atoms with van der Waals surface area (Å²) >= 11 is 0. The van der Waals surface area contributed by atoms with Crippen molar-refractivity contribution in [2.24, 2.45) is 0 Å². The van der Waals surface area contributed by atoms with E-state index in [1.165, 1.54) is 0 Å². The molecule has 1 heterocycles. The van der Waals surface area contributed by atoms with Crippen molar-refractivity contribution >= 4 is 11.6 Å². The number of amides is 1. The van der Waals surface area contributed by atoms with Gasteiger partial charge in [-0.25, -0.2) is 4.98 Å². The molecule has 5 heteroatoms. The van der Waals surface area contributed by atoms with Crippen LogP contribution in [0.25, 0.3) is 0 Å². The first-order valence-corrected chi connectivity index (χ1v) is 5.55. The molecule has 2 rings (SSSR count). The second-order valence-electron chi connectivity index (χ2n) is 4.21. The second-order valence-corrected chi connectivity index (χ2v) is 4.21. The van der Waals surface area contributed by atoms with Crippen molar-refractivity contribution in [1.82, 2.24) is 10.3 Å². The molecule has 88 valence electrons. The normalized spacial score (nSPS) is 13.9. The number of likely N-dealkylation sites (N-methyl/N-ethyl adjacent to an activating group) is 1. The lowest BCUT2D eigenvalue weighted by atomic mass is 10.3. The van der Waals surface area contributed by atoms with Gasteiger partial charge in [0.25, 0.3) is 0 Å². The average molecular weight is 230 g/mol. The number of nitrogens with one attached hydrogen (secondary N) is 1. The molecular weight excluding hydrogens is 216 g/mol. The third kappa shape index (κ3) is 3.18. The SMILES string of the molecule is CN(CC(=O)NC1CC1)c1ccnc(C#N)c1. The van der Waals surface area contributed by atoms with E-state index in [9.17, 15) is 4.79 Å². The molecule has 0 bridgehead atoms. The fraction of sp³-hybridized carbons (Fsp3) is 0.417. The highest BCUT2D eigenvalue weighted by Crippen LogP contribution is 2.18. The number of hydrogen-bond donors (Lipinski definition) is 1. The Hall–Kier alpha value is -2.09. The molecule has 0 aliphatic heterocycles. The van der Waals surface area contributed by atoms with Crippen LogP contribution < -0.4 is 10.2 Å². The van der Waals surface area contributed by atoms with Crippen molar-refractivity contribution < 1.29 is 4.79 Å². The predicted octanol–water partition coefficient (Wildman–Crippen LogP) is 0.668. The van der Waals surface area contributed by atoms with Crippen molar-refractivity contribution in [3.63, 3.8) is 0 Å². The number of carbonyl (C=O) groups is 1. The molecule has 1 aromatic heterocycles. The smallest absolute Gasteiger partial charge is 0.239 e. The first kappa shape index (κ1) is 11.4. The molecule has 0 spiro atoms. The molecule has 17 heavy (non-hydrogen) atoms. The van der Waals surface area contributed by atoms with Crippen molar-refractivity contribution in [2.45, 2.75) is 18.9 Å². The fourth-order valence-electron chi connectivity index (χ4n) is 1.53. The Morgan fingerprint density at radius 1 is 1.71 bits per heavy atom. The van der Waals surface area contributed by atoms with Crippen LogP contribution in [-0.2, 0) is 4.79 Å². The Labute approximate surface area is 100 Å². The van der Waals surface area contributed by atoms with Gasteiger partial charge in [0.05, 0.1) is 6.54 Å². The quantitative estimate of drug-likeness (QED) is 0.825. The summed E-state index contributed by atoms with van der Waals surface area (Å²) < 4.78 is 0. The minimum atomic E-state index is 0.0188. The van der Waals surface area contributed by atoms with E-state index in [2.05, 4.69) is 10.3 Å². The number of anilines is 1. The maximum Gasteiger partial charge on any atom is 0.239 e. The molecule has 1 aliphatic carbocycles. The summed E-state index contributed by atoms with van der Waals surface area (Å²) in [6, 6.07) is 5.81. The molecule has 0 saturated heterocycles. The number of pyridine rings is 1. The maximum atomic E-state index is 11.6. The van der Waals surface area contributed by atoms with E-state index in [1.807, 2.05) is 13.1 Å². The third-order valence-corrected chi connectivity index (χ3v) is 2.62. The summed E-state index contributed by atoms with van der Waals surface area (Å²) in [6.07, 6.45) is 3.75. The fourth-order valence-corrected chi connectivity index (χ4v) is 1.53. The summed E-state index contributed by atoms with van der Waals surface area (Å²) in [7, 11) is 1.82. The molecule has 0 aromatic carbocycles. The number of hydrogen-bond acceptors (Lipinski definition) is 4. The van der Waals surface area contributed by atoms with Gasteiger partial charge in [-0.15, -0.1) is 0 Å². The molecule has 1 N–H and O–H groups in total. The molecule has 1 amide bonds. The molecule has 1 fully saturated rings. The summed E-state index contributed by atoms with van der Waals surface area (Å²) in [6.45, 7) is 0.297. The van der Waals surface area contributed by atoms with Crippen molar-refractivity contribution in [2.75, 3.05) is 18.5 Å². The molecule has 1 saturated carbocycles. The lowest BCUT2D eigenvalue weighted by molar-refractivity contribution is -0.119. The average Bonchev–Trinajstić information content (AvgIpc) is 3.12. The zero-order valence-electron chi connectivity index (χ0n) is 9.68. The van der Waals surface area contributed by atoms with Crippen LogP contribution in [0.1, 0.15) is 18.5 Å². The van der Waals surface area contributed by atoms with Crippen LogP contribution in [0.2, 0.25) is 0 Å². The van der Waals surface area contributed by atoms with Crippen molar-refractivity contribution in [3.8, 4) is 6.07 Å². The molecule has 1 aromatic rings. The van der Waals surface area contributed by atoms with Crippen LogP contribution in [0.3, 0.4) is 0 Å². The van der Waals surface area contributed by atoms with Crippen LogP contribution >= 0.6 is 0 Å². The summed E-state index contributed by atoms with van der Waals surface area (Å²) in [4.78, 5) is 17.3. The van der Waals surface area contributed by atoms with Gasteiger partial charge in [-0.05, 0) is 25.0 Å². The first-order valence-electron chi connectivity index (χ1n) is 5.55. The predicted molar refractivity (Wildman–Crippen MR) is 63.4 cm³/mol. The highest BCUT2D eigenvalue weighted by Gasteiger charge is 2.23. The van der Waals surface area contributed by atoms with Gasteiger partial charge in [-0.2, -0.15) is 5.26 Å². The largest absolute Gasteiger partial charge is 0.365 e. The Bertz CT molecular complexity index is 462. The number of rotatable bonds is 4. The minimum absolute atomic E-state index is 0.0188. The molecule has 5 nitrogen and oxygen atoms in total. The van der Waals surface area contributed by atoms with Crippen LogP contribution in [0.5, 0.6) is 0 Å². The Kier molecular flexibility index (Phi) is 3.24. The number of aromatic nitrogens is 1. The lowest BCUT2D eigenvalue weighted by Crippen LogP contribution is -2.36. The van der Waals surface area contributed by atoms with Gasteiger partial charge in [-0.3, -0.25) is 4.79 Å². The van der Waals surface area contributed by atoms with E-state index >= 15 is 0 Å². The van der Waals surface area contributed by atoms with Crippen LogP contribution in [0, 0.1) is 11.3 Å². The van der Waals surface area contributed by atoms with Crippen molar-refractivity contribution in [1.29, 1.82) is 5.26 Å². The Morgan fingerprint density at radius 3 is 3.12 bits per heavy atom. The van der Waals surface area contributed by atoms with E-state index in [0.717, 1.165) is 18.5 Å². The molecule has 0 radical (unpaired) electrons. The first-order chi connectivity index (χ1) is 8.19. The standard InChI is InChI=1S/C12H14N4O/c1-16(8-12(17)15-9-2-3-9)11-4-5-14-10(6-11)7-13/h4-6,9H,2-3,8H2,1H3,(H,15,17). The van der Waals surface area contributed by atoms with E-state index < -0.39 is 0 Å². The van der Waals surface area contributed by atoms with Gasteiger partial charge in [0.2, 0.25) is 5.91 Å². The number of carbonyl (C=O) groups excluding carboxylic acids is 1. The van der Waals surface area contributed by atoms with Crippen molar-refractivity contribution in [3.05, 3.63) is 24.0 Å². The minimum Gasteiger partial charge on any atom is -0.365 e. The highest BCUT2D eigenvalue weighted by atomic mass is 16.2. The Balaban J connectivity index is 1.95. The highest BCUT2D eigenvalue weighted by molar-refractivity contribution is 5.81. The van der Waals surface area contributed by atoms with Gasteiger partial charge in [-0.1, -0.05) is 0 Å². The van der Waals surface area contributed by atoms with Gasteiger partial charge >= 0.3 is 0 Å². The molecular formula is C12H14N4O. The molecule has 0 unspecified atom stereocenters. The van der Waals surface area contributed by atoms with Crippen LogP contribution in [0.4, 0.5) is 5.69 Å². The van der Waals surface area contributed by atoms with E-state index in [4.69, 9.17) is 5.26 Å². The van der Waals surface area contributed by atoms with Gasteiger partial charge in [0, 0.05) is 25.0 Å². The number of nitriles is 1.